The molecule has 3 heterocycles. The molecule has 0 unspecified atom stereocenters. The van der Waals surface area contributed by atoms with Gasteiger partial charge < -0.3 is 15.0 Å². The third-order valence-electron chi connectivity index (χ3n) is 4.57. The topological polar surface area (TPSA) is 37.4 Å². The van der Waals surface area contributed by atoms with Crippen LogP contribution in [0.2, 0.25) is 0 Å². The monoisotopic (exact) mass is 311 g/mol. The molecular weight excluding hydrogens is 288 g/mol. The second-order valence-electron chi connectivity index (χ2n) is 6.14. The zero-order chi connectivity index (χ0) is 15.4. The van der Waals surface area contributed by atoms with Crippen molar-refractivity contribution in [3.05, 3.63) is 23.9 Å². The van der Waals surface area contributed by atoms with Gasteiger partial charge in [-0.2, -0.15) is 0 Å². The number of hydrogen-bond acceptors (Lipinski definition) is 4. The van der Waals surface area contributed by atoms with Gasteiger partial charge in [-0.15, -0.1) is 0 Å². The summed E-state index contributed by atoms with van der Waals surface area (Å²) in [7, 11) is 0. The maximum Gasteiger partial charge on any atom is 0.272 e. The van der Waals surface area contributed by atoms with Crippen LogP contribution < -0.4 is 10.1 Å². The molecule has 1 N–H and O–H groups in total. The van der Waals surface area contributed by atoms with E-state index in [-0.39, 0.29) is 5.88 Å². The third kappa shape index (κ3) is 4.14. The van der Waals surface area contributed by atoms with Gasteiger partial charge in [0.25, 0.3) is 6.43 Å². The molecule has 6 heteroatoms. The van der Waals surface area contributed by atoms with Crippen LogP contribution in [0, 0.1) is 0 Å². The predicted octanol–water partition coefficient (Wildman–Crippen LogP) is 2.44. The van der Waals surface area contributed by atoms with E-state index in [0.29, 0.717) is 6.04 Å². The van der Waals surface area contributed by atoms with Crippen molar-refractivity contribution in [2.45, 2.75) is 50.7 Å². The van der Waals surface area contributed by atoms with Crippen molar-refractivity contribution in [2.75, 3.05) is 19.7 Å². The minimum Gasteiger partial charge on any atom is -0.472 e. The summed E-state index contributed by atoms with van der Waals surface area (Å²) in [5, 5.41) is 3.58. The van der Waals surface area contributed by atoms with E-state index >= 15 is 0 Å². The Morgan fingerprint density at radius 3 is 3.14 bits per heavy atom. The molecule has 0 spiro atoms. The fraction of sp³-hybridized carbons (Fsp3) is 0.688. The van der Waals surface area contributed by atoms with E-state index < -0.39 is 13.0 Å². The lowest BCUT2D eigenvalue weighted by Crippen LogP contribution is -2.45. The Balaban J connectivity index is 1.47. The molecule has 4 nitrogen and oxygen atoms in total. The molecule has 2 saturated heterocycles. The average Bonchev–Trinajstić information content (AvgIpc) is 2.99. The molecule has 0 saturated carbocycles. The lowest BCUT2D eigenvalue weighted by atomic mass is 9.97. The van der Waals surface area contributed by atoms with Gasteiger partial charge >= 0.3 is 0 Å². The molecule has 2 aliphatic heterocycles. The number of fused-ring (bicyclic) bond motifs is 1. The minimum absolute atomic E-state index is 0.269. The van der Waals surface area contributed by atoms with Crippen LogP contribution >= 0.6 is 0 Å². The highest BCUT2D eigenvalue weighted by Gasteiger charge is 2.31. The summed E-state index contributed by atoms with van der Waals surface area (Å²) in [6, 6.07) is 4.92. The zero-order valence-corrected chi connectivity index (χ0v) is 12.7. The maximum absolute atomic E-state index is 12.1. The molecular formula is C16H23F2N3O. The van der Waals surface area contributed by atoms with Gasteiger partial charge in [0.15, 0.2) is 6.61 Å². The van der Waals surface area contributed by atoms with Crippen molar-refractivity contribution in [1.29, 1.82) is 0 Å². The van der Waals surface area contributed by atoms with Gasteiger partial charge in [-0.1, -0.05) is 0 Å². The molecule has 2 aliphatic rings. The van der Waals surface area contributed by atoms with E-state index in [4.69, 9.17) is 4.74 Å². The van der Waals surface area contributed by atoms with Crippen LogP contribution in [0.25, 0.3) is 0 Å². The summed E-state index contributed by atoms with van der Waals surface area (Å²) in [5.41, 5.74) is 1.02. The summed E-state index contributed by atoms with van der Waals surface area (Å²) >= 11 is 0. The van der Waals surface area contributed by atoms with Crippen molar-refractivity contribution in [2.24, 2.45) is 0 Å². The molecule has 122 valence electrons. The molecule has 2 fully saturated rings. The van der Waals surface area contributed by atoms with Gasteiger partial charge in [-0.25, -0.2) is 13.8 Å². The van der Waals surface area contributed by atoms with Crippen LogP contribution in [0.1, 0.15) is 31.2 Å². The Morgan fingerprint density at radius 2 is 2.27 bits per heavy atom. The Kier molecular flexibility index (Phi) is 5.20. The molecule has 1 aromatic heterocycles. The van der Waals surface area contributed by atoms with E-state index in [1.807, 2.05) is 6.07 Å². The van der Waals surface area contributed by atoms with Gasteiger partial charge in [0.05, 0.1) is 0 Å². The highest BCUT2D eigenvalue weighted by atomic mass is 19.3. The smallest absolute Gasteiger partial charge is 0.272 e. The highest BCUT2D eigenvalue weighted by molar-refractivity contribution is 5.20. The van der Waals surface area contributed by atoms with E-state index in [1.54, 1.807) is 12.3 Å². The standard InChI is InChI=1S/C16H23F2N3O/c17-15(18)11-22-16-8-12(3-5-19-16)10-20-13-4-7-21-6-1-2-14(21)9-13/h3,5,8,13-15,20H,1-2,4,6-7,9-11H2/t13-,14-/m0/s1. The van der Waals surface area contributed by atoms with Crippen molar-refractivity contribution in [1.82, 2.24) is 15.2 Å². The summed E-state index contributed by atoms with van der Waals surface area (Å²) in [6.45, 7) is 2.56. The number of nitrogens with one attached hydrogen (secondary N) is 1. The van der Waals surface area contributed by atoms with Crippen molar-refractivity contribution >= 4 is 0 Å². The SMILES string of the molecule is FC(F)COc1cc(CN[C@H]2CCN3CCC[C@H]3C2)ccn1. The van der Waals surface area contributed by atoms with Crippen molar-refractivity contribution < 1.29 is 13.5 Å². The van der Waals surface area contributed by atoms with Crippen LogP contribution in [-0.4, -0.2) is 48.1 Å². The Bertz CT molecular complexity index is 486. The van der Waals surface area contributed by atoms with E-state index in [2.05, 4.69) is 15.2 Å². The largest absolute Gasteiger partial charge is 0.472 e. The van der Waals surface area contributed by atoms with Gasteiger partial charge in [-0.3, -0.25) is 0 Å². The quantitative estimate of drug-likeness (QED) is 0.875. The minimum atomic E-state index is -2.47. The highest BCUT2D eigenvalue weighted by Crippen LogP contribution is 2.27. The fourth-order valence-electron chi connectivity index (χ4n) is 3.46. The number of ether oxygens (including phenoxy) is 1. The second kappa shape index (κ2) is 7.33. The number of aromatic nitrogens is 1. The van der Waals surface area contributed by atoms with Crippen LogP contribution in [-0.2, 0) is 6.54 Å². The van der Waals surface area contributed by atoms with E-state index in [1.165, 1.54) is 38.8 Å². The Morgan fingerprint density at radius 1 is 1.36 bits per heavy atom. The maximum atomic E-state index is 12.1. The fourth-order valence-corrected chi connectivity index (χ4v) is 3.46. The first-order chi connectivity index (χ1) is 10.7. The second-order valence-corrected chi connectivity index (χ2v) is 6.14. The van der Waals surface area contributed by atoms with Crippen LogP contribution in [0.15, 0.2) is 18.3 Å². The molecule has 22 heavy (non-hydrogen) atoms. The number of hydrogen-bond donors (Lipinski definition) is 1. The van der Waals surface area contributed by atoms with Crippen molar-refractivity contribution in [3.8, 4) is 5.88 Å². The van der Waals surface area contributed by atoms with E-state index in [9.17, 15) is 8.78 Å². The average molecular weight is 311 g/mol. The Labute approximate surface area is 129 Å². The summed E-state index contributed by atoms with van der Waals surface area (Å²) in [6.07, 6.45) is 4.17. The molecule has 0 radical (unpaired) electrons. The lowest BCUT2D eigenvalue weighted by Gasteiger charge is -2.35. The molecule has 1 aromatic rings. The van der Waals surface area contributed by atoms with Gasteiger partial charge in [0.1, 0.15) is 0 Å². The normalized spacial score (nSPS) is 25.4. The molecule has 0 aliphatic carbocycles. The lowest BCUT2D eigenvalue weighted by molar-refractivity contribution is 0.0795. The van der Waals surface area contributed by atoms with Crippen LogP contribution in [0.3, 0.4) is 0 Å². The summed E-state index contributed by atoms with van der Waals surface area (Å²) < 4.78 is 29.3. The molecule has 0 amide bonds. The summed E-state index contributed by atoms with van der Waals surface area (Å²) in [4.78, 5) is 6.56. The molecule has 0 bridgehead atoms. The Hall–Kier alpha value is -1.27. The first-order valence-electron chi connectivity index (χ1n) is 8.04. The first kappa shape index (κ1) is 15.6. The first-order valence-corrected chi connectivity index (χ1v) is 8.04. The molecule has 2 atom stereocenters. The zero-order valence-electron chi connectivity index (χ0n) is 12.7. The molecule has 0 aromatic carbocycles. The van der Waals surface area contributed by atoms with Crippen LogP contribution in [0.5, 0.6) is 5.88 Å². The van der Waals surface area contributed by atoms with Gasteiger partial charge in [-0.05, 0) is 50.4 Å². The van der Waals surface area contributed by atoms with Crippen LogP contribution in [0.4, 0.5) is 8.78 Å². The molecule has 3 rings (SSSR count). The number of pyridine rings is 1. The summed E-state index contributed by atoms with van der Waals surface area (Å²) in [5.74, 6) is 0.269. The number of halogens is 2. The van der Waals surface area contributed by atoms with Gasteiger partial charge in [0, 0.05) is 30.9 Å². The van der Waals surface area contributed by atoms with Gasteiger partial charge in [0.2, 0.25) is 5.88 Å². The third-order valence-corrected chi connectivity index (χ3v) is 4.57. The van der Waals surface area contributed by atoms with Crippen molar-refractivity contribution in [3.63, 3.8) is 0 Å². The number of rotatable bonds is 6. The van der Waals surface area contributed by atoms with E-state index in [0.717, 1.165) is 18.2 Å². The number of alkyl halides is 2. The number of piperidine rings is 1. The predicted molar refractivity (Wildman–Crippen MR) is 80.2 cm³/mol. The number of nitrogens with zero attached hydrogens (tertiary/aromatic N) is 2.